The Bertz CT molecular complexity index is 1260. The molecule has 0 spiro atoms. The van der Waals surface area contributed by atoms with Crippen molar-refractivity contribution in [2.45, 2.75) is 44.4 Å². The van der Waals surface area contributed by atoms with Crippen molar-refractivity contribution < 1.29 is 9.84 Å². The lowest BCUT2D eigenvalue weighted by Gasteiger charge is -2.28. The second-order valence-corrected chi connectivity index (χ2v) is 10.2. The minimum atomic E-state index is -0.188. The predicted molar refractivity (Wildman–Crippen MR) is 133 cm³/mol. The average Bonchev–Trinajstić information content (AvgIpc) is 3.42. The standard InChI is InChI=1S/C25H29N5O2S/c31-20-3-1-2-18(13-20)27-25-28-21-6-4-17(12-24(21)33-25)15-30-16-26-22-14-19(5-7-23(22)30)29-8-10-32-11-9-29/h4-7,12,14,16,18,20,31H,1-3,8-11,13,15H2,(H,27,28)/t18?,20-/m1/s1. The van der Waals surface area contributed by atoms with Crippen molar-refractivity contribution in [1.29, 1.82) is 0 Å². The molecule has 7 nitrogen and oxygen atoms in total. The van der Waals surface area contributed by atoms with Crippen LogP contribution in [0.15, 0.2) is 42.7 Å². The summed E-state index contributed by atoms with van der Waals surface area (Å²) in [5.74, 6) is 0. The predicted octanol–water partition coefficient (Wildman–Crippen LogP) is 4.25. The quantitative estimate of drug-likeness (QED) is 0.461. The minimum absolute atomic E-state index is 0.188. The van der Waals surface area contributed by atoms with Gasteiger partial charge in [-0.25, -0.2) is 9.97 Å². The molecule has 4 aromatic rings. The second kappa shape index (κ2) is 8.93. The van der Waals surface area contributed by atoms with E-state index in [-0.39, 0.29) is 6.10 Å². The number of hydrogen-bond acceptors (Lipinski definition) is 7. The summed E-state index contributed by atoms with van der Waals surface area (Å²) in [6.45, 7) is 4.20. The summed E-state index contributed by atoms with van der Waals surface area (Å²) in [5, 5.41) is 14.4. The summed E-state index contributed by atoms with van der Waals surface area (Å²) < 4.78 is 8.87. The normalized spacial score (nSPS) is 21.7. The number of thiazole rings is 1. The highest BCUT2D eigenvalue weighted by Gasteiger charge is 2.21. The fraction of sp³-hybridized carbons (Fsp3) is 0.440. The van der Waals surface area contributed by atoms with Gasteiger partial charge < -0.3 is 24.6 Å². The number of anilines is 2. The molecule has 1 aliphatic carbocycles. The van der Waals surface area contributed by atoms with Gasteiger partial charge in [0.05, 0.1) is 46.9 Å². The highest BCUT2D eigenvalue weighted by molar-refractivity contribution is 7.22. The Morgan fingerprint density at radius 1 is 1.09 bits per heavy atom. The topological polar surface area (TPSA) is 75.4 Å². The Morgan fingerprint density at radius 2 is 2.00 bits per heavy atom. The van der Waals surface area contributed by atoms with E-state index in [1.807, 2.05) is 6.33 Å². The van der Waals surface area contributed by atoms with E-state index in [1.54, 1.807) is 11.3 Å². The number of aliphatic hydroxyl groups is 1. The average molecular weight is 464 g/mol. The smallest absolute Gasteiger partial charge is 0.184 e. The first-order chi connectivity index (χ1) is 16.2. The molecule has 172 valence electrons. The highest BCUT2D eigenvalue weighted by atomic mass is 32.1. The van der Waals surface area contributed by atoms with Gasteiger partial charge in [-0.15, -0.1) is 0 Å². The monoisotopic (exact) mass is 463 g/mol. The van der Waals surface area contributed by atoms with Crippen LogP contribution in [0.3, 0.4) is 0 Å². The van der Waals surface area contributed by atoms with Crippen molar-refractivity contribution in [1.82, 2.24) is 14.5 Å². The van der Waals surface area contributed by atoms with Crippen LogP contribution in [0.2, 0.25) is 0 Å². The van der Waals surface area contributed by atoms with Crippen molar-refractivity contribution >= 4 is 43.4 Å². The molecule has 1 aliphatic heterocycles. The first-order valence-corrected chi connectivity index (χ1v) is 12.6. The van der Waals surface area contributed by atoms with Crippen LogP contribution >= 0.6 is 11.3 Å². The maximum atomic E-state index is 9.94. The fourth-order valence-corrected chi connectivity index (χ4v) is 6.00. The first-order valence-electron chi connectivity index (χ1n) is 11.8. The molecule has 0 radical (unpaired) electrons. The SMILES string of the molecule is O[C@@H]1CCCC(Nc2nc3ccc(Cn4cnc5cc(N6CCOCC6)ccc54)cc3s2)C1. The van der Waals surface area contributed by atoms with Gasteiger partial charge in [0.2, 0.25) is 0 Å². The molecule has 2 aromatic heterocycles. The molecule has 2 atom stereocenters. The number of nitrogens with one attached hydrogen (secondary N) is 1. The number of morpholine rings is 1. The van der Waals surface area contributed by atoms with Gasteiger partial charge in [-0.3, -0.25) is 0 Å². The van der Waals surface area contributed by atoms with Crippen LogP contribution in [0, 0.1) is 0 Å². The van der Waals surface area contributed by atoms with Gasteiger partial charge in [-0.2, -0.15) is 0 Å². The van der Waals surface area contributed by atoms with E-state index < -0.39 is 0 Å². The van der Waals surface area contributed by atoms with Crippen molar-refractivity contribution in [3.05, 3.63) is 48.3 Å². The number of imidazole rings is 1. The Balaban J connectivity index is 1.19. The van der Waals surface area contributed by atoms with Crippen LogP contribution in [0.25, 0.3) is 21.3 Å². The highest BCUT2D eigenvalue weighted by Crippen LogP contribution is 2.30. The van der Waals surface area contributed by atoms with Gasteiger partial charge in [0.25, 0.3) is 0 Å². The third-order valence-electron chi connectivity index (χ3n) is 6.76. The summed E-state index contributed by atoms with van der Waals surface area (Å²) in [6.07, 6.45) is 5.64. The summed E-state index contributed by atoms with van der Waals surface area (Å²) >= 11 is 1.70. The van der Waals surface area contributed by atoms with Gasteiger partial charge in [-0.1, -0.05) is 17.4 Å². The number of aliphatic hydroxyl groups excluding tert-OH is 1. The van der Waals surface area contributed by atoms with E-state index in [0.717, 1.165) is 80.2 Å². The molecular formula is C25H29N5O2S. The van der Waals surface area contributed by atoms with E-state index in [1.165, 1.54) is 16.0 Å². The van der Waals surface area contributed by atoms with Crippen LogP contribution in [0.4, 0.5) is 10.8 Å². The number of aromatic nitrogens is 3. The van der Waals surface area contributed by atoms with Gasteiger partial charge in [0.1, 0.15) is 0 Å². The number of fused-ring (bicyclic) bond motifs is 2. The number of benzene rings is 2. The van der Waals surface area contributed by atoms with Crippen molar-refractivity contribution in [2.24, 2.45) is 0 Å². The number of ether oxygens (including phenoxy) is 1. The second-order valence-electron chi connectivity index (χ2n) is 9.13. The molecule has 2 aliphatic rings. The van der Waals surface area contributed by atoms with Gasteiger partial charge >= 0.3 is 0 Å². The number of rotatable bonds is 5. The van der Waals surface area contributed by atoms with E-state index in [0.29, 0.717) is 6.04 Å². The molecule has 1 unspecified atom stereocenters. The van der Waals surface area contributed by atoms with Crippen LogP contribution < -0.4 is 10.2 Å². The lowest BCUT2D eigenvalue weighted by atomic mass is 9.93. The Kier molecular flexibility index (Phi) is 5.65. The minimum Gasteiger partial charge on any atom is -0.393 e. The van der Waals surface area contributed by atoms with E-state index in [9.17, 15) is 5.11 Å². The molecule has 0 bridgehead atoms. The van der Waals surface area contributed by atoms with E-state index >= 15 is 0 Å². The zero-order valence-corrected chi connectivity index (χ0v) is 19.4. The summed E-state index contributed by atoms with van der Waals surface area (Å²) in [5.41, 5.74) is 5.65. The number of nitrogens with zero attached hydrogens (tertiary/aromatic N) is 4. The van der Waals surface area contributed by atoms with Crippen LogP contribution in [0.5, 0.6) is 0 Å². The van der Waals surface area contributed by atoms with Crippen LogP contribution in [-0.2, 0) is 11.3 Å². The number of hydrogen-bond donors (Lipinski definition) is 2. The third kappa shape index (κ3) is 4.43. The molecule has 1 saturated carbocycles. The fourth-order valence-electron chi connectivity index (χ4n) is 4.99. The molecule has 0 amide bonds. The van der Waals surface area contributed by atoms with E-state index in [4.69, 9.17) is 9.72 Å². The molecule has 8 heteroatoms. The van der Waals surface area contributed by atoms with Gasteiger partial charge in [-0.05, 0) is 61.6 Å². The lowest BCUT2D eigenvalue weighted by molar-refractivity contribution is 0.122. The largest absolute Gasteiger partial charge is 0.393 e. The van der Waals surface area contributed by atoms with Crippen LogP contribution in [0.1, 0.15) is 31.2 Å². The molecule has 2 fully saturated rings. The molecule has 33 heavy (non-hydrogen) atoms. The Labute approximate surface area is 197 Å². The summed E-state index contributed by atoms with van der Waals surface area (Å²) in [6, 6.07) is 13.4. The Morgan fingerprint density at radius 3 is 2.88 bits per heavy atom. The first kappa shape index (κ1) is 20.9. The zero-order valence-electron chi connectivity index (χ0n) is 18.6. The summed E-state index contributed by atoms with van der Waals surface area (Å²) in [7, 11) is 0. The van der Waals surface area contributed by atoms with Crippen molar-refractivity contribution in [3.63, 3.8) is 0 Å². The molecule has 2 N–H and O–H groups in total. The molecular weight excluding hydrogens is 434 g/mol. The molecule has 6 rings (SSSR count). The third-order valence-corrected chi connectivity index (χ3v) is 7.71. The maximum Gasteiger partial charge on any atom is 0.184 e. The zero-order chi connectivity index (χ0) is 22.2. The van der Waals surface area contributed by atoms with Crippen molar-refractivity contribution in [2.75, 3.05) is 36.5 Å². The molecule has 2 aromatic carbocycles. The van der Waals surface area contributed by atoms with Gasteiger partial charge in [0, 0.05) is 31.4 Å². The molecule has 1 saturated heterocycles. The van der Waals surface area contributed by atoms with E-state index in [2.05, 4.69) is 56.2 Å². The molecule has 3 heterocycles. The van der Waals surface area contributed by atoms with Crippen LogP contribution in [-0.4, -0.2) is 58.1 Å². The Hall–Kier alpha value is -2.68. The van der Waals surface area contributed by atoms with Crippen molar-refractivity contribution in [3.8, 4) is 0 Å². The van der Waals surface area contributed by atoms with Gasteiger partial charge in [0.15, 0.2) is 5.13 Å². The maximum absolute atomic E-state index is 9.94. The summed E-state index contributed by atoms with van der Waals surface area (Å²) in [4.78, 5) is 11.8. The lowest BCUT2D eigenvalue weighted by Crippen LogP contribution is -2.36.